The van der Waals surface area contributed by atoms with Crippen molar-refractivity contribution in [3.8, 4) is 11.4 Å². The highest BCUT2D eigenvalue weighted by Crippen LogP contribution is 2.26. The summed E-state index contributed by atoms with van der Waals surface area (Å²) >= 11 is 0. The lowest BCUT2D eigenvalue weighted by Crippen LogP contribution is -2.00. The monoisotopic (exact) mass is 294 g/mol. The topological polar surface area (TPSA) is 55.1 Å². The largest absolute Gasteiger partial charge is 0.481 e. The van der Waals surface area contributed by atoms with Gasteiger partial charge in [-0.3, -0.25) is 4.79 Å². The molecule has 1 aromatic heterocycles. The number of benzene rings is 2. The summed E-state index contributed by atoms with van der Waals surface area (Å²) in [5, 5.41) is 8.93. The van der Waals surface area contributed by atoms with Gasteiger partial charge >= 0.3 is 5.97 Å². The van der Waals surface area contributed by atoms with Gasteiger partial charge in [0.2, 0.25) is 0 Å². The van der Waals surface area contributed by atoms with Crippen LogP contribution in [-0.4, -0.2) is 20.6 Å². The molecule has 0 spiro atoms. The Morgan fingerprint density at radius 1 is 1.23 bits per heavy atom. The maximum Gasteiger partial charge on any atom is 0.307 e. The second kappa shape index (κ2) is 5.64. The number of rotatable bonds is 4. The van der Waals surface area contributed by atoms with E-state index in [0.717, 1.165) is 34.5 Å². The maximum atomic E-state index is 10.9. The second-order valence-corrected chi connectivity index (χ2v) is 5.44. The van der Waals surface area contributed by atoms with Crippen LogP contribution in [0.4, 0.5) is 0 Å². The summed E-state index contributed by atoms with van der Waals surface area (Å²) in [5.41, 5.74) is 4.93. The molecule has 0 saturated heterocycles. The summed E-state index contributed by atoms with van der Waals surface area (Å²) in [6.45, 7) is 4.97. The minimum absolute atomic E-state index is 0.0225. The predicted octanol–water partition coefficient (Wildman–Crippen LogP) is 3.66. The van der Waals surface area contributed by atoms with Crippen molar-refractivity contribution in [2.24, 2.45) is 0 Å². The van der Waals surface area contributed by atoms with E-state index in [1.807, 2.05) is 24.3 Å². The average Bonchev–Trinajstić information content (AvgIpc) is 2.84. The van der Waals surface area contributed by atoms with Crippen LogP contribution in [0.25, 0.3) is 22.4 Å². The molecular weight excluding hydrogens is 276 g/mol. The Balaban J connectivity index is 2.16. The van der Waals surface area contributed by atoms with Gasteiger partial charge in [-0.25, -0.2) is 4.98 Å². The molecule has 0 aliphatic rings. The fraction of sp³-hybridized carbons (Fsp3) is 0.222. The lowest BCUT2D eigenvalue weighted by Gasteiger charge is -2.06. The molecule has 1 heterocycles. The summed E-state index contributed by atoms with van der Waals surface area (Å²) < 4.78 is 2.16. The number of aromatic nitrogens is 2. The van der Waals surface area contributed by atoms with Crippen molar-refractivity contribution in [3.63, 3.8) is 0 Å². The Labute approximate surface area is 129 Å². The van der Waals surface area contributed by atoms with Crippen LogP contribution in [-0.2, 0) is 17.8 Å². The predicted molar refractivity (Wildman–Crippen MR) is 86.9 cm³/mol. The van der Waals surface area contributed by atoms with Gasteiger partial charge < -0.3 is 9.67 Å². The Hall–Kier alpha value is -2.62. The molecule has 0 saturated carbocycles. The Morgan fingerprint density at radius 2 is 2.05 bits per heavy atom. The van der Waals surface area contributed by atoms with Gasteiger partial charge in [-0.15, -0.1) is 0 Å². The van der Waals surface area contributed by atoms with E-state index in [1.54, 1.807) is 0 Å². The molecule has 1 N–H and O–H groups in total. The zero-order chi connectivity index (χ0) is 15.7. The highest BCUT2D eigenvalue weighted by molar-refractivity contribution is 5.82. The highest BCUT2D eigenvalue weighted by Gasteiger charge is 2.12. The number of carbonyl (C=O) groups is 1. The van der Waals surface area contributed by atoms with Gasteiger partial charge in [-0.2, -0.15) is 0 Å². The molecule has 0 aliphatic heterocycles. The molecule has 0 radical (unpaired) electrons. The molecule has 0 unspecified atom stereocenters. The lowest BCUT2D eigenvalue weighted by atomic mass is 10.1. The summed E-state index contributed by atoms with van der Waals surface area (Å²) in [7, 11) is 0. The van der Waals surface area contributed by atoms with E-state index in [2.05, 4.69) is 36.6 Å². The summed E-state index contributed by atoms with van der Waals surface area (Å²) in [4.78, 5) is 15.6. The Bertz CT molecular complexity index is 849. The van der Waals surface area contributed by atoms with Crippen LogP contribution in [0.5, 0.6) is 0 Å². The van der Waals surface area contributed by atoms with Gasteiger partial charge in [0.25, 0.3) is 0 Å². The van der Waals surface area contributed by atoms with Crippen molar-refractivity contribution in [3.05, 3.63) is 53.6 Å². The van der Waals surface area contributed by atoms with Crippen molar-refractivity contribution >= 4 is 17.0 Å². The minimum atomic E-state index is -0.826. The van der Waals surface area contributed by atoms with Crippen molar-refractivity contribution in [1.29, 1.82) is 0 Å². The van der Waals surface area contributed by atoms with E-state index in [4.69, 9.17) is 10.1 Å². The minimum Gasteiger partial charge on any atom is -0.481 e. The van der Waals surface area contributed by atoms with Crippen LogP contribution in [0.2, 0.25) is 0 Å². The Kier molecular flexibility index (Phi) is 3.67. The van der Waals surface area contributed by atoms with E-state index in [-0.39, 0.29) is 6.42 Å². The van der Waals surface area contributed by atoms with Crippen LogP contribution in [0.15, 0.2) is 42.5 Å². The van der Waals surface area contributed by atoms with Crippen molar-refractivity contribution in [2.75, 3.05) is 0 Å². The highest BCUT2D eigenvalue weighted by atomic mass is 16.4. The van der Waals surface area contributed by atoms with Gasteiger partial charge in [-0.1, -0.05) is 29.8 Å². The zero-order valence-corrected chi connectivity index (χ0v) is 12.7. The number of imidazole rings is 1. The number of carboxylic acids is 1. The first-order chi connectivity index (χ1) is 10.6. The van der Waals surface area contributed by atoms with E-state index >= 15 is 0 Å². The van der Waals surface area contributed by atoms with E-state index in [1.165, 1.54) is 5.56 Å². The fourth-order valence-electron chi connectivity index (χ4n) is 2.78. The second-order valence-electron chi connectivity index (χ2n) is 5.44. The zero-order valence-electron chi connectivity index (χ0n) is 12.7. The number of carboxylic acid groups (broad SMARTS) is 1. The Morgan fingerprint density at radius 3 is 2.73 bits per heavy atom. The van der Waals surface area contributed by atoms with Crippen LogP contribution in [0.1, 0.15) is 18.1 Å². The third kappa shape index (κ3) is 2.60. The summed E-state index contributed by atoms with van der Waals surface area (Å²) in [6.07, 6.45) is 0.0225. The molecule has 4 nitrogen and oxygen atoms in total. The molecule has 0 amide bonds. The number of fused-ring (bicyclic) bond motifs is 1. The maximum absolute atomic E-state index is 10.9. The molecule has 0 bridgehead atoms. The third-order valence-electron chi connectivity index (χ3n) is 3.76. The first-order valence-electron chi connectivity index (χ1n) is 7.36. The molecule has 3 rings (SSSR count). The third-order valence-corrected chi connectivity index (χ3v) is 3.76. The molecule has 22 heavy (non-hydrogen) atoms. The smallest absolute Gasteiger partial charge is 0.307 e. The van der Waals surface area contributed by atoms with E-state index in [9.17, 15) is 4.79 Å². The number of aryl methyl sites for hydroxylation is 2. The van der Waals surface area contributed by atoms with Crippen LogP contribution >= 0.6 is 0 Å². The molecule has 0 fully saturated rings. The van der Waals surface area contributed by atoms with E-state index in [0.29, 0.717) is 0 Å². The number of aliphatic carboxylic acids is 1. The average molecular weight is 294 g/mol. The number of hydrogen-bond donors (Lipinski definition) is 1. The summed E-state index contributed by atoms with van der Waals surface area (Å²) in [6, 6.07) is 14.0. The molecule has 3 aromatic rings. The van der Waals surface area contributed by atoms with Crippen molar-refractivity contribution in [1.82, 2.24) is 9.55 Å². The van der Waals surface area contributed by atoms with Crippen molar-refractivity contribution < 1.29 is 9.90 Å². The molecule has 112 valence electrons. The van der Waals surface area contributed by atoms with Crippen molar-refractivity contribution in [2.45, 2.75) is 26.8 Å². The van der Waals surface area contributed by atoms with Crippen LogP contribution in [0, 0.1) is 6.92 Å². The molecular formula is C18H18N2O2. The first-order valence-corrected chi connectivity index (χ1v) is 7.36. The quantitative estimate of drug-likeness (QED) is 0.799. The van der Waals surface area contributed by atoms with Gasteiger partial charge in [-0.05, 0) is 37.6 Å². The molecule has 2 aromatic carbocycles. The normalized spacial score (nSPS) is 11.0. The van der Waals surface area contributed by atoms with E-state index < -0.39 is 5.97 Å². The van der Waals surface area contributed by atoms with Crippen LogP contribution in [0.3, 0.4) is 0 Å². The first kappa shape index (κ1) is 14.3. The van der Waals surface area contributed by atoms with Gasteiger partial charge in [0.1, 0.15) is 5.82 Å². The van der Waals surface area contributed by atoms with Gasteiger partial charge in [0.15, 0.2) is 0 Å². The van der Waals surface area contributed by atoms with Gasteiger partial charge in [0.05, 0.1) is 17.5 Å². The molecule has 0 aliphatic carbocycles. The molecule has 0 atom stereocenters. The molecule has 4 heteroatoms. The standard InChI is InChI=1S/C18H18N2O2/c1-3-20-16-8-7-13(11-17(21)22)10-15(16)19-18(20)14-6-4-5-12(2)9-14/h4-10H,3,11H2,1-2H3,(H,21,22). The fourth-order valence-corrected chi connectivity index (χ4v) is 2.78. The van der Waals surface area contributed by atoms with Crippen LogP contribution < -0.4 is 0 Å². The lowest BCUT2D eigenvalue weighted by molar-refractivity contribution is -0.136. The number of hydrogen-bond acceptors (Lipinski definition) is 2. The number of nitrogens with zero attached hydrogens (tertiary/aromatic N) is 2. The SMILES string of the molecule is CCn1c(-c2cccc(C)c2)nc2cc(CC(=O)O)ccc21. The summed E-state index contributed by atoms with van der Waals surface area (Å²) in [5.74, 6) is 0.0989. The van der Waals surface area contributed by atoms with Gasteiger partial charge in [0, 0.05) is 12.1 Å².